The zero-order valence-electron chi connectivity index (χ0n) is 16.0. The van der Waals surface area contributed by atoms with Crippen LogP contribution in [-0.4, -0.2) is 0 Å². The predicted octanol–water partition coefficient (Wildman–Crippen LogP) is 2.77. The van der Waals surface area contributed by atoms with Crippen LogP contribution in [0.2, 0.25) is 0 Å². The molecule has 0 N–H and O–H groups in total. The Morgan fingerprint density at radius 2 is 1.48 bits per heavy atom. The molecule has 1 heterocycles. The fourth-order valence-corrected chi connectivity index (χ4v) is 2.91. The van der Waals surface area contributed by atoms with Crippen molar-refractivity contribution in [1.82, 2.24) is 0 Å². The average Bonchev–Trinajstić information content (AvgIpc) is 3.52. The largest absolute Gasteiger partial charge is 0.999 e. The van der Waals surface area contributed by atoms with E-state index in [-0.39, 0.29) is 28.5 Å². The van der Waals surface area contributed by atoms with Crippen molar-refractivity contribution in [1.29, 1.82) is 0 Å². The Bertz CT molecular complexity index is 1140. The maximum Gasteiger partial charge on any atom is 0.351 e. The quantitative estimate of drug-likeness (QED) is 0.278. The molecule has 0 spiro atoms. The molecule has 3 aromatic carbocycles. The van der Waals surface area contributed by atoms with Crippen molar-refractivity contribution in [3.05, 3.63) is 138 Å². The molecule has 1 aliphatic carbocycles. The number of allylic oxidation sites excluding steroid dienone is 2. The maximum atomic E-state index is 13.2. The summed E-state index contributed by atoms with van der Waals surface area (Å²) in [5.41, 5.74) is 0.482. The SMILES string of the molecule is O=c1oc([C-]2[CH-][C-]=[C-][CH-]2)[n+](-c2ccccc2)c([O-])c1-c1ccccc1.[Fe].[c-]1[c-][c-][cH-][c-]1. The third kappa shape index (κ3) is 4.92. The molecular weight excluding hydrogens is 430 g/mol. The molecule has 4 nitrogen and oxygen atoms in total. The van der Waals surface area contributed by atoms with Crippen LogP contribution in [0.25, 0.3) is 16.8 Å². The molecule has 0 atom stereocenters. The second kappa shape index (κ2) is 10.4. The van der Waals surface area contributed by atoms with Gasteiger partial charge in [0.2, 0.25) is 5.69 Å². The summed E-state index contributed by atoms with van der Waals surface area (Å²) in [5, 5.41) is 13.2. The fourth-order valence-electron chi connectivity index (χ4n) is 2.91. The van der Waals surface area contributed by atoms with Gasteiger partial charge in [-0.2, -0.15) is 4.57 Å². The smallest absolute Gasteiger partial charge is 0.351 e. The Morgan fingerprint density at radius 1 is 0.903 bits per heavy atom. The van der Waals surface area contributed by atoms with Crippen molar-refractivity contribution < 1.29 is 31.2 Å². The molecule has 1 aliphatic rings. The Kier molecular flexibility index (Phi) is 7.39. The van der Waals surface area contributed by atoms with Gasteiger partial charge in [0.25, 0.3) is 0 Å². The summed E-state index contributed by atoms with van der Waals surface area (Å²) < 4.78 is 6.94. The van der Waals surface area contributed by atoms with Crippen molar-refractivity contribution in [3.8, 4) is 22.7 Å². The summed E-state index contributed by atoms with van der Waals surface area (Å²) in [6.45, 7) is 0. The molecule has 4 aromatic rings. The molecule has 5 rings (SSSR count). The van der Waals surface area contributed by atoms with Crippen LogP contribution in [0, 0.1) is 55.2 Å². The number of hydrogen-bond donors (Lipinski definition) is 0. The summed E-state index contributed by atoms with van der Waals surface area (Å²) in [4.78, 5) is 12.5. The van der Waals surface area contributed by atoms with Gasteiger partial charge in [0.05, 0.1) is 0 Å². The topological polar surface area (TPSA) is 57.2 Å². The van der Waals surface area contributed by atoms with E-state index < -0.39 is 11.5 Å². The molecule has 0 radical (unpaired) electrons. The number of nitrogens with zero attached hydrogens (tertiary/aromatic N) is 1. The van der Waals surface area contributed by atoms with Gasteiger partial charge < -0.3 is 70.8 Å². The molecule has 0 aliphatic heterocycles. The van der Waals surface area contributed by atoms with E-state index in [0.717, 1.165) is 0 Å². The third-order valence-corrected chi connectivity index (χ3v) is 4.23. The van der Waals surface area contributed by atoms with E-state index >= 15 is 0 Å². The van der Waals surface area contributed by atoms with E-state index in [4.69, 9.17) is 4.42 Å². The molecule has 158 valence electrons. The van der Waals surface area contributed by atoms with Gasteiger partial charge in [-0.25, -0.2) is 4.79 Å². The minimum atomic E-state index is -0.667. The number of benzene rings is 2. The molecule has 5 heteroatoms. The molecule has 0 bridgehead atoms. The first-order chi connectivity index (χ1) is 14.8. The van der Waals surface area contributed by atoms with Crippen LogP contribution < -0.4 is 15.3 Å². The predicted molar refractivity (Wildman–Crippen MR) is 106 cm³/mol. The monoisotopic (exact) mass is 443 g/mol. The van der Waals surface area contributed by atoms with E-state index in [0.29, 0.717) is 17.2 Å². The first kappa shape index (κ1) is 22.0. The van der Waals surface area contributed by atoms with E-state index in [2.05, 4.69) is 36.4 Å². The second-order valence-corrected chi connectivity index (χ2v) is 6.13. The number of hydrogen-bond acceptors (Lipinski definition) is 3. The second-order valence-electron chi connectivity index (χ2n) is 6.13. The Labute approximate surface area is 192 Å². The summed E-state index contributed by atoms with van der Waals surface area (Å²) in [5.74, 6) is 0.306. The molecule has 1 aromatic heterocycles. The zero-order chi connectivity index (χ0) is 20.8. The summed E-state index contributed by atoms with van der Waals surface area (Å²) in [6, 6.07) is 29.9. The molecule has 0 amide bonds. The van der Waals surface area contributed by atoms with Crippen molar-refractivity contribution >= 4 is 0 Å². The van der Waals surface area contributed by atoms with Gasteiger partial charge in [-0.15, -0.1) is 0 Å². The van der Waals surface area contributed by atoms with Crippen molar-refractivity contribution in [2.75, 3.05) is 0 Å². The summed E-state index contributed by atoms with van der Waals surface area (Å²) in [7, 11) is 0. The van der Waals surface area contributed by atoms with Crippen LogP contribution in [0.3, 0.4) is 0 Å². The van der Waals surface area contributed by atoms with Crippen LogP contribution in [0.15, 0.2) is 75.9 Å². The van der Waals surface area contributed by atoms with Crippen LogP contribution in [0.5, 0.6) is 5.88 Å². The minimum absolute atomic E-state index is 0. The van der Waals surface area contributed by atoms with Gasteiger partial charge >= 0.3 is 5.63 Å². The van der Waals surface area contributed by atoms with Crippen molar-refractivity contribution in [2.45, 2.75) is 0 Å². The molecular formula is C26H13FeNO3-10. The van der Waals surface area contributed by atoms with Gasteiger partial charge in [-0.05, 0) is 5.56 Å². The van der Waals surface area contributed by atoms with Crippen LogP contribution >= 0.6 is 0 Å². The fraction of sp³-hybridized carbons (Fsp3) is 0. The minimum Gasteiger partial charge on any atom is -0.999 e. The Hall–Kier alpha value is -3.66. The Morgan fingerprint density at radius 3 is 2.03 bits per heavy atom. The number of rotatable bonds is 3. The van der Waals surface area contributed by atoms with Crippen LogP contribution in [-0.2, 0) is 17.1 Å². The molecule has 0 saturated carbocycles. The van der Waals surface area contributed by atoms with E-state index in [9.17, 15) is 9.90 Å². The van der Waals surface area contributed by atoms with Crippen LogP contribution in [0.1, 0.15) is 5.89 Å². The molecule has 0 fully saturated rings. The van der Waals surface area contributed by atoms with E-state index in [1.807, 2.05) is 24.3 Å². The third-order valence-electron chi connectivity index (χ3n) is 4.23. The number of para-hydroxylation sites is 1. The standard InChI is InChI=1S/C21H13NO3.C5H.Fe/c23-19-18(15-9-3-1-4-10-15)21(24)25-20(16-11-7-8-12-16)22(19)17-13-5-2-6-14-17;1-2-4-5-3-1;/h1-6,9-14,23H;1H;/q-4;-5;/p-1. The van der Waals surface area contributed by atoms with Gasteiger partial charge in [0.15, 0.2) is 11.8 Å². The maximum absolute atomic E-state index is 13.2. The Balaban J connectivity index is 0.000000401. The first-order valence-electron chi connectivity index (χ1n) is 9.04. The average molecular weight is 443 g/mol. The number of aromatic nitrogens is 1. The van der Waals surface area contributed by atoms with Gasteiger partial charge in [-0.1, -0.05) is 48.5 Å². The summed E-state index contributed by atoms with van der Waals surface area (Å²) >= 11 is 0. The molecule has 0 saturated heterocycles. The van der Waals surface area contributed by atoms with E-state index in [1.54, 1.807) is 55.3 Å². The van der Waals surface area contributed by atoms with Gasteiger partial charge in [0, 0.05) is 29.2 Å². The van der Waals surface area contributed by atoms with Crippen molar-refractivity contribution in [3.63, 3.8) is 0 Å². The van der Waals surface area contributed by atoms with Gasteiger partial charge in [0.1, 0.15) is 5.56 Å². The zero-order valence-corrected chi connectivity index (χ0v) is 17.1. The normalized spacial score (nSPS) is 11.5. The van der Waals surface area contributed by atoms with Gasteiger partial charge in [-0.3, -0.25) is 0 Å². The van der Waals surface area contributed by atoms with Crippen LogP contribution in [0.4, 0.5) is 0 Å². The van der Waals surface area contributed by atoms with E-state index in [1.165, 1.54) is 4.57 Å². The first-order valence-corrected chi connectivity index (χ1v) is 9.04. The van der Waals surface area contributed by atoms with Crippen molar-refractivity contribution in [2.24, 2.45) is 0 Å². The molecule has 0 unspecified atom stereocenters. The molecule has 31 heavy (non-hydrogen) atoms. The summed E-state index contributed by atoms with van der Waals surface area (Å²) in [6.07, 6.45) is 8.83.